The summed E-state index contributed by atoms with van der Waals surface area (Å²) in [5, 5.41) is 2.12. The molecule has 0 aliphatic carbocycles. The Balaban J connectivity index is 2.32. The SMILES string of the molecule is CC(=O)c1c(-c2ccc(Cl)cc2)[nH]c2ccc(Cl)cc12. The smallest absolute Gasteiger partial charge is 0.162 e. The maximum Gasteiger partial charge on any atom is 0.162 e. The number of carbonyl (C=O) groups is 1. The molecular weight excluding hydrogens is 293 g/mol. The first kappa shape index (κ1) is 13.2. The van der Waals surface area contributed by atoms with Crippen LogP contribution in [-0.4, -0.2) is 10.8 Å². The van der Waals surface area contributed by atoms with Crippen LogP contribution in [0.3, 0.4) is 0 Å². The molecule has 0 saturated heterocycles. The number of carbonyl (C=O) groups excluding carboxylic acids is 1. The molecule has 0 spiro atoms. The highest BCUT2D eigenvalue weighted by molar-refractivity contribution is 6.32. The zero-order valence-electron chi connectivity index (χ0n) is 10.7. The fourth-order valence-corrected chi connectivity index (χ4v) is 2.66. The van der Waals surface area contributed by atoms with E-state index in [4.69, 9.17) is 23.2 Å². The van der Waals surface area contributed by atoms with Crippen LogP contribution in [0.25, 0.3) is 22.2 Å². The van der Waals surface area contributed by atoms with Gasteiger partial charge in [0.05, 0.1) is 11.3 Å². The summed E-state index contributed by atoms with van der Waals surface area (Å²) in [7, 11) is 0. The Morgan fingerprint density at radius 1 is 1.00 bits per heavy atom. The number of halogens is 2. The molecule has 0 aliphatic rings. The lowest BCUT2D eigenvalue weighted by Gasteiger charge is -2.02. The summed E-state index contributed by atoms with van der Waals surface area (Å²) in [5.41, 5.74) is 3.27. The maximum atomic E-state index is 12.0. The monoisotopic (exact) mass is 303 g/mol. The molecule has 0 fully saturated rings. The lowest BCUT2D eigenvalue weighted by molar-refractivity contribution is 0.102. The lowest BCUT2D eigenvalue weighted by Crippen LogP contribution is -1.93. The zero-order valence-corrected chi connectivity index (χ0v) is 12.2. The Morgan fingerprint density at radius 2 is 1.65 bits per heavy atom. The Hall–Kier alpha value is -1.77. The van der Waals surface area contributed by atoms with E-state index in [9.17, 15) is 4.79 Å². The van der Waals surface area contributed by atoms with Gasteiger partial charge in [-0.05, 0) is 42.8 Å². The van der Waals surface area contributed by atoms with E-state index in [1.807, 2.05) is 24.3 Å². The second kappa shape index (κ2) is 4.97. The summed E-state index contributed by atoms with van der Waals surface area (Å²) >= 11 is 11.9. The molecule has 4 heteroatoms. The fourth-order valence-electron chi connectivity index (χ4n) is 2.36. The first-order chi connectivity index (χ1) is 9.56. The van der Waals surface area contributed by atoms with Gasteiger partial charge >= 0.3 is 0 Å². The van der Waals surface area contributed by atoms with Gasteiger partial charge in [-0.25, -0.2) is 0 Å². The average Bonchev–Trinajstić information content (AvgIpc) is 2.78. The second-order valence-corrected chi connectivity index (χ2v) is 5.50. The van der Waals surface area contributed by atoms with Crippen molar-refractivity contribution in [3.05, 3.63) is 58.1 Å². The van der Waals surface area contributed by atoms with E-state index in [-0.39, 0.29) is 5.78 Å². The van der Waals surface area contributed by atoms with Crippen LogP contribution in [0.4, 0.5) is 0 Å². The number of aromatic amines is 1. The van der Waals surface area contributed by atoms with E-state index in [0.717, 1.165) is 22.2 Å². The number of nitrogens with one attached hydrogen (secondary N) is 1. The predicted molar refractivity (Wildman–Crippen MR) is 83.8 cm³/mol. The van der Waals surface area contributed by atoms with Crippen LogP contribution in [0.5, 0.6) is 0 Å². The van der Waals surface area contributed by atoms with Gasteiger partial charge in [-0.2, -0.15) is 0 Å². The van der Waals surface area contributed by atoms with Gasteiger partial charge in [0.1, 0.15) is 0 Å². The number of fused-ring (bicyclic) bond motifs is 1. The summed E-state index contributed by atoms with van der Waals surface area (Å²) < 4.78 is 0. The van der Waals surface area contributed by atoms with Gasteiger partial charge in [-0.3, -0.25) is 4.79 Å². The number of hydrogen-bond donors (Lipinski definition) is 1. The molecule has 2 nitrogen and oxygen atoms in total. The van der Waals surface area contributed by atoms with Crippen molar-refractivity contribution in [1.29, 1.82) is 0 Å². The highest BCUT2D eigenvalue weighted by Gasteiger charge is 2.16. The molecule has 20 heavy (non-hydrogen) atoms. The van der Waals surface area contributed by atoms with Crippen molar-refractivity contribution >= 4 is 39.9 Å². The van der Waals surface area contributed by atoms with Crippen molar-refractivity contribution in [2.45, 2.75) is 6.92 Å². The minimum Gasteiger partial charge on any atom is -0.354 e. The van der Waals surface area contributed by atoms with Gasteiger partial charge in [-0.15, -0.1) is 0 Å². The molecule has 0 unspecified atom stereocenters. The van der Waals surface area contributed by atoms with Crippen molar-refractivity contribution in [2.24, 2.45) is 0 Å². The van der Waals surface area contributed by atoms with Gasteiger partial charge in [0.2, 0.25) is 0 Å². The van der Waals surface area contributed by atoms with Gasteiger partial charge < -0.3 is 4.98 Å². The topological polar surface area (TPSA) is 32.9 Å². The quantitative estimate of drug-likeness (QED) is 0.636. The first-order valence-corrected chi connectivity index (χ1v) is 6.90. The molecule has 0 aliphatic heterocycles. The van der Waals surface area contributed by atoms with Crippen LogP contribution in [-0.2, 0) is 0 Å². The molecule has 1 aromatic heterocycles. The van der Waals surface area contributed by atoms with Crippen LogP contribution < -0.4 is 0 Å². The summed E-state index contributed by atoms with van der Waals surface area (Å²) in [6, 6.07) is 12.9. The molecule has 3 aromatic rings. The number of rotatable bonds is 2. The molecule has 3 rings (SSSR count). The molecule has 0 bridgehead atoms. The standard InChI is InChI=1S/C16H11Cl2NO/c1-9(20)15-13-8-12(18)6-7-14(13)19-16(15)10-2-4-11(17)5-3-10/h2-8,19H,1H3. The Labute approximate surface area is 126 Å². The number of benzene rings is 2. The predicted octanol–water partition coefficient (Wildman–Crippen LogP) is 5.34. The van der Waals surface area contributed by atoms with Gasteiger partial charge in [0, 0.05) is 20.9 Å². The second-order valence-electron chi connectivity index (χ2n) is 4.63. The van der Waals surface area contributed by atoms with Crippen LogP contribution >= 0.6 is 23.2 Å². The number of hydrogen-bond acceptors (Lipinski definition) is 1. The number of aromatic nitrogens is 1. The van der Waals surface area contributed by atoms with E-state index < -0.39 is 0 Å². The fraction of sp³-hybridized carbons (Fsp3) is 0.0625. The van der Waals surface area contributed by atoms with Crippen LogP contribution in [0.15, 0.2) is 42.5 Å². The minimum absolute atomic E-state index is 0.00321. The number of H-pyrrole nitrogens is 1. The molecule has 0 atom stereocenters. The van der Waals surface area contributed by atoms with Gasteiger partial charge in [-0.1, -0.05) is 35.3 Å². The van der Waals surface area contributed by atoms with Crippen molar-refractivity contribution in [3.8, 4) is 11.3 Å². The average molecular weight is 304 g/mol. The van der Waals surface area contributed by atoms with E-state index in [1.54, 1.807) is 25.1 Å². The summed E-state index contributed by atoms with van der Waals surface area (Å²) in [6.07, 6.45) is 0. The normalized spacial score (nSPS) is 10.9. The lowest BCUT2D eigenvalue weighted by atomic mass is 10.0. The first-order valence-electron chi connectivity index (χ1n) is 6.14. The summed E-state index contributed by atoms with van der Waals surface area (Å²) in [4.78, 5) is 15.3. The highest BCUT2D eigenvalue weighted by atomic mass is 35.5. The van der Waals surface area contributed by atoms with E-state index in [0.29, 0.717) is 15.6 Å². The molecule has 1 heterocycles. The highest BCUT2D eigenvalue weighted by Crippen LogP contribution is 2.32. The third kappa shape index (κ3) is 2.21. The Bertz CT molecular complexity index is 803. The Kier molecular flexibility index (Phi) is 3.28. The van der Waals surface area contributed by atoms with Gasteiger partial charge in [0.25, 0.3) is 0 Å². The molecular formula is C16H11Cl2NO. The van der Waals surface area contributed by atoms with Crippen molar-refractivity contribution < 1.29 is 4.79 Å². The number of ketones is 1. The summed E-state index contributed by atoms with van der Waals surface area (Å²) in [5.74, 6) is 0.00321. The molecule has 2 aromatic carbocycles. The Morgan fingerprint density at radius 3 is 2.30 bits per heavy atom. The molecule has 100 valence electrons. The van der Waals surface area contributed by atoms with Crippen molar-refractivity contribution in [2.75, 3.05) is 0 Å². The minimum atomic E-state index is 0.00321. The van der Waals surface area contributed by atoms with Crippen LogP contribution in [0, 0.1) is 0 Å². The van der Waals surface area contributed by atoms with Crippen LogP contribution in [0.2, 0.25) is 10.0 Å². The molecule has 0 saturated carbocycles. The zero-order chi connectivity index (χ0) is 14.3. The van der Waals surface area contributed by atoms with E-state index >= 15 is 0 Å². The maximum absolute atomic E-state index is 12.0. The van der Waals surface area contributed by atoms with Crippen LogP contribution in [0.1, 0.15) is 17.3 Å². The summed E-state index contributed by atoms with van der Waals surface area (Å²) in [6.45, 7) is 1.56. The third-order valence-corrected chi connectivity index (χ3v) is 3.73. The van der Waals surface area contributed by atoms with Gasteiger partial charge in [0.15, 0.2) is 5.78 Å². The number of Topliss-reactive ketones (excluding diaryl/α,β-unsaturated/α-hetero) is 1. The molecule has 1 N–H and O–H groups in total. The van der Waals surface area contributed by atoms with Crippen molar-refractivity contribution in [3.63, 3.8) is 0 Å². The third-order valence-electron chi connectivity index (χ3n) is 3.25. The van der Waals surface area contributed by atoms with E-state index in [1.165, 1.54) is 0 Å². The van der Waals surface area contributed by atoms with E-state index in [2.05, 4.69) is 4.98 Å². The largest absolute Gasteiger partial charge is 0.354 e. The molecule has 0 radical (unpaired) electrons. The van der Waals surface area contributed by atoms with Crippen molar-refractivity contribution in [1.82, 2.24) is 4.98 Å². The molecule has 0 amide bonds.